The molecular formula is C21H37NO4. The predicted molar refractivity (Wildman–Crippen MR) is 102 cm³/mol. The number of carboxylic acid groups (broad SMARTS) is 2. The quantitative estimate of drug-likeness (QED) is 0.658. The van der Waals surface area contributed by atoms with Crippen LogP contribution >= 0.6 is 0 Å². The predicted octanol–water partition coefficient (Wildman–Crippen LogP) is 5.67. The van der Waals surface area contributed by atoms with E-state index in [1.54, 1.807) is 0 Å². The summed E-state index contributed by atoms with van der Waals surface area (Å²) in [4.78, 5) is 26.1. The van der Waals surface area contributed by atoms with Crippen molar-refractivity contribution in [2.45, 2.75) is 108 Å². The van der Waals surface area contributed by atoms with Gasteiger partial charge in [0, 0.05) is 6.54 Å². The molecule has 1 saturated carbocycles. The summed E-state index contributed by atoms with van der Waals surface area (Å²) in [7, 11) is 0. The summed E-state index contributed by atoms with van der Waals surface area (Å²) >= 11 is 0. The van der Waals surface area contributed by atoms with Gasteiger partial charge in [-0.3, -0.25) is 4.90 Å². The maximum absolute atomic E-state index is 12.6. The van der Waals surface area contributed by atoms with Crippen LogP contribution in [0.15, 0.2) is 0 Å². The van der Waals surface area contributed by atoms with Crippen LogP contribution in [-0.2, 0) is 4.79 Å². The molecule has 2 rings (SSSR count). The number of hydrogen-bond donors (Lipinski definition) is 2. The lowest BCUT2D eigenvalue weighted by atomic mass is 9.72. The Labute approximate surface area is 158 Å². The molecule has 1 saturated heterocycles. The Morgan fingerprint density at radius 1 is 0.692 bits per heavy atom. The fraction of sp³-hybridized carbons (Fsp3) is 0.905. The van der Waals surface area contributed by atoms with Crippen molar-refractivity contribution in [3.05, 3.63) is 0 Å². The van der Waals surface area contributed by atoms with Gasteiger partial charge < -0.3 is 10.2 Å². The Morgan fingerprint density at radius 2 is 1.15 bits per heavy atom. The Kier molecular flexibility index (Phi) is 8.73. The zero-order valence-corrected chi connectivity index (χ0v) is 16.3. The van der Waals surface area contributed by atoms with Crippen molar-refractivity contribution in [3.8, 4) is 0 Å². The average Bonchev–Trinajstić information content (AvgIpc) is 2.63. The topological polar surface area (TPSA) is 77.8 Å². The first-order chi connectivity index (χ1) is 12.6. The molecule has 1 heterocycles. The average molecular weight is 368 g/mol. The summed E-state index contributed by atoms with van der Waals surface area (Å²) in [5.74, 6) is -0.976. The molecule has 1 unspecified atom stereocenters. The van der Waals surface area contributed by atoms with E-state index in [4.69, 9.17) is 0 Å². The van der Waals surface area contributed by atoms with Crippen molar-refractivity contribution < 1.29 is 19.8 Å². The maximum Gasteiger partial charge on any atom is 0.408 e. The van der Waals surface area contributed by atoms with Crippen molar-refractivity contribution in [1.82, 2.24) is 4.90 Å². The SMILES string of the molecule is O=C(O)N1CCCCCCCCC1(C(=O)O)C1CCCCCCCCC1. The summed E-state index contributed by atoms with van der Waals surface area (Å²) in [6, 6.07) is 0. The van der Waals surface area contributed by atoms with Gasteiger partial charge in [0.25, 0.3) is 0 Å². The number of rotatable bonds is 2. The van der Waals surface area contributed by atoms with Crippen LogP contribution in [0, 0.1) is 5.92 Å². The van der Waals surface area contributed by atoms with Crippen LogP contribution in [-0.4, -0.2) is 39.3 Å². The molecule has 1 amide bonds. The monoisotopic (exact) mass is 367 g/mol. The number of nitrogens with zero attached hydrogens (tertiary/aromatic N) is 1. The maximum atomic E-state index is 12.6. The highest BCUT2D eigenvalue weighted by molar-refractivity contribution is 5.84. The van der Waals surface area contributed by atoms with Gasteiger partial charge >= 0.3 is 12.1 Å². The smallest absolute Gasteiger partial charge is 0.408 e. The fourth-order valence-corrected chi connectivity index (χ4v) is 5.08. The van der Waals surface area contributed by atoms with E-state index in [1.807, 2.05) is 0 Å². The highest BCUT2D eigenvalue weighted by atomic mass is 16.4. The van der Waals surface area contributed by atoms with E-state index in [2.05, 4.69) is 0 Å². The minimum atomic E-state index is -1.23. The molecule has 0 aromatic rings. The van der Waals surface area contributed by atoms with E-state index in [9.17, 15) is 19.8 Å². The van der Waals surface area contributed by atoms with Crippen LogP contribution in [0.25, 0.3) is 0 Å². The lowest BCUT2D eigenvalue weighted by Gasteiger charge is -2.45. The lowest BCUT2D eigenvalue weighted by Crippen LogP contribution is -2.61. The van der Waals surface area contributed by atoms with Gasteiger partial charge in [-0.05, 0) is 31.6 Å². The third-order valence-corrected chi connectivity index (χ3v) is 6.55. The third-order valence-electron chi connectivity index (χ3n) is 6.55. The molecule has 1 aliphatic heterocycles. The molecule has 26 heavy (non-hydrogen) atoms. The standard InChI is InChI=1S/C21H37NO4/c23-19(24)21(18-14-10-6-2-1-3-7-11-15-18)16-12-8-4-5-9-13-17-22(21)20(25)26/h18H,1-17H2,(H,23,24)(H,25,26). The van der Waals surface area contributed by atoms with Gasteiger partial charge in [0.1, 0.15) is 5.54 Å². The second-order valence-corrected chi connectivity index (χ2v) is 8.28. The van der Waals surface area contributed by atoms with E-state index in [0.29, 0.717) is 13.0 Å². The Balaban J connectivity index is 2.33. The summed E-state index contributed by atoms with van der Waals surface area (Å²) in [6.07, 6.45) is 15.0. The molecule has 1 atom stereocenters. The summed E-state index contributed by atoms with van der Waals surface area (Å²) in [5.41, 5.74) is -1.23. The van der Waals surface area contributed by atoms with Gasteiger partial charge in [-0.1, -0.05) is 77.0 Å². The second kappa shape index (κ2) is 10.8. The Morgan fingerprint density at radius 3 is 1.65 bits per heavy atom. The first-order valence-electron chi connectivity index (χ1n) is 10.8. The number of amides is 1. The molecule has 5 heteroatoms. The molecule has 0 radical (unpaired) electrons. The Hall–Kier alpha value is -1.26. The van der Waals surface area contributed by atoms with Gasteiger partial charge in [0.05, 0.1) is 0 Å². The second-order valence-electron chi connectivity index (χ2n) is 8.28. The van der Waals surface area contributed by atoms with Gasteiger partial charge in [-0.15, -0.1) is 0 Å². The third kappa shape index (κ3) is 5.37. The van der Waals surface area contributed by atoms with Crippen molar-refractivity contribution in [2.75, 3.05) is 6.54 Å². The first kappa shape index (κ1) is 21.0. The fourth-order valence-electron chi connectivity index (χ4n) is 5.08. The van der Waals surface area contributed by atoms with Gasteiger partial charge in [0.2, 0.25) is 0 Å². The molecule has 2 N–H and O–H groups in total. The molecule has 2 aliphatic rings. The number of hydrogen-bond acceptors (Lipinski definition) is 2. The molecular weight excluding hydrogens is 330 g/mol. The molecule has 0 spiro atoms. The van der Waals surface area contributed by atoms with Crippen LogP contribution in [0.3, 0.4) is 0 Å². The summed E-state index contributed by atoms with van der Waals surface area (Å²) in [6.45, 7) is 0.359. The van der Waals surface area contributed by atoms with Crippen LogP contribution in [0.1, 0.15) is 103 Å². The Bertz CT molecular complexity index is 443. The molecule has 0 bridgehead atoms. The summed E-state index contributed by atoms with van der Waals surface area (Å²) < 4.78 is 0. The number of carboxylic acids is 1. The van der Waals surface area contributed by atoms with E-state index < -0.39 is 17.6 Å². The van der Waals surface area contributed by atoms with Gasteiger partial charge in [-0.25, -0.2) is 9.59 Å². The molecule has 1 aliphatic carbocycles. The van der Waals surface area contributed by atoms with Crippen molar-refractivity contribution in [3.63, 3.8) is 0 Å². The van der Waals surface area contributed by atoms with E-state index in [-0.39, 0.29) is 5.92 Å². The van der Waals surface area contributed by atoms with Crippen LogP contribution in [0.5, 0.6) is 0 Å². The molecule has 5 nitrogen and oxygen atoms in total. The van der Waals surface area contributed by atoms with E-state index in [1.165, 1.54) is 24.2 Å². The van der Waals surface area contributed by atoms with E-state index >= 15 is 0 Å². The van der Waals surface area contributed by atoms with Gasteiger partial charge in [-0.2, -0.15) is 0 Å². The minimum absolute atomic E-state index is 0.0615. The molecule has 0 aromatic carbocycles. The van der Waals surface area contributed by atoms with E-state index in [0.717, 1.165) is 77.0 Å². The van der Waals surface area contributed by atoms with Crippen LogP contribution in [0.4, 0.5) is 4.79 Å². The summed E-state index contributed by atoms with van der Waals surface area (Å²) in [5, 5.41) is 20.2. The molecule has 2 fully saturated rings. The number of aliphatic carboxylic acids is 1. The molecule has 0 aromatic heterocycles. The molecule has 150 valence electrons. The van der Waals surface area contributed by atoms with Crippen molar-refractivity contribution in [1.29, 1.82) is 0 Å². The van der Waals surface area contributed by atoms with Crippen LogP contribution in [0.2, 0.25) is 0 Å². The zero-order chi connectivity index (χ0) is 18.8. The number of carbonyl (C=O) groups is 2. The first-order valence-corrected chi connectivity index (χ1v) is 10.8. The largest absolute Gasteiger partial charge is 0.479 e. The van der Waals surface area contributed by atoms with Crippen LogP contribution < -0.4 is 0 Å². The zero-order valence-electron chi connectivity index (χ0n) is 16.3. The normalized spacial score (nSPS) is 28.2. The minimum Gasteiger partial charge on any atom is -0.479 e. The lowest BCUT2D eigenvalue weighted by molar-refractivity contribution is -0.156. The highest BCUT2D eigenvalue weighted by Crippen LogP contribution is 2.40. The highest BCUT2D eigenvalue weighted by Gasteiger charge is 2.51. The van der Waals surface area contributed by atoms with Crippen molar-refractivity contribution >= 4 is 12.1 Å². The van der Waals surface area contributed by atoms with Crippen molar-refractivity contribution in [2.24, 2.45) is 5.92 Å². The van der Waals surface area contributed by atoms with Gasteiger partial charge in [0.15, 0.2) is 0 Å².